The second-order valence-electron chi connectivity index (χ2n) is 6.45. The number of alkyl halides is 3. The molecule has 31 heavy (non-hydrogen) atoms. The second-order valence-corrected chi connectivity index (χ2v) is 6.45. The van der Waals surface area contributed by atoms with Gasteiger partial charge in [0.2, 0.25) is 0 Å². The first kappa shape index (κ1) is 23.8. The molecule has 1 aromatic heterocycles. The number of rotatable bonds is 3. The fourth-order valence-electron chi connectivity index (χ4n) is 2.99. The van der Waals surface area contributed by atoms with Gasteiger partial charge in [0.05, 0.1) is 18.6 Å². The molecule has 0 fully saturated rings. The van der Waals surface area contributed by atoms with Crippen molar-refractivity contribution in [2.24, 2.45) is 22.3 Å². The van der Waals surface area contributed by atoms with Gasteiger partial charge >= 0.3 is 28.6 Å². The number of aryl methyl sites for hydroxylation is 1. The van der Waals surface area contributed by atoms with Crippen molar-refractivity contribution in [1.29, 1.82) is 0 Å². The standard InChI is InChI=1S/C18H15F3N8O.Ni/c1-22-14-15(23-2)29(4)17(25-14)27-26-12-8-10-6-5-7-28(3)13(10)9-11(12)24-16(30)18(19,20)21;/h8-9H,5-7H2,3-4H3,(H,24,30);/q;+2/p-1. The third-order valence-corrected chi connectivity index (χ3v) is 4.47. The van der Waals surface area contributed by atoms with E-state index in [4.69, 9.17) is 13.1 Å². The first-order valence-electron chi connectivity index (χ1n) is 8.60. The largest absolute Gasteiger partial charge is 2.00 e. The van der Waals surface area contributed by atoms with Crippen LogP contribution in [0.5, 0.6) is 0 Å². The normalized spacial score (nSPS) is 14.0. The monoisotopic (exact) mass is 473 g/mol. The smallest absolute Gasteiger partial charge is 0.855 e. The van der Waals surface area contributed by atoms with Crippen LogP contribution in [0.25, 0.3) is 9.69 Å². The number of halogens is 3. The molecule has 0 saturated carbocycles. The number of hydrogen-bond donors (Lipinski definition) is 0. The summed E-state index contributed by atoms with van der Waals surface area (Å²) < 4.78 is 39.4. The Morgan fingerprint density at radius 2 is 1.87 bits per heavy atom. The van der Waals surface area contributed by atoms with Gasteiger partial charge in [0, 0.05) is 19.3 Å². The van der Waals surface area contributed by atoms with E-state index in [1.807, 2.05) is 4.90 Å². The van der Waals surface area contributed by atoms with Gasteiger partial charge in [0.15, 0.2) is 0 Å². The van der Waals surface area contributed by atoms with E-state index in [9.17, 15) is 18.3 Å². The Balaban J connectivity index is 0.00000341. The molecule has 0 amide bonds. The van der Waals surface area contributed by atoms with Crippen LogP contribution in [0.2, 0.25) is 0 Å². The average Bonchev–Trinajstić information content (AvgIpc) is 3.01. The van der Waals surface area contributed by atoms with Gasteiger partial charge in [0.1, 0.15) is 5.69 Å². The van der Waals surface area contributed by atoms with Crippen LogP contribution in [0.1, 0.15) is 12.0 Å². The topological polar surface area (TPSA) is 89.9 Å². The first-order chi connectivity index (χ1) is 14.2. The summed E-state index contributed by atoms with van der Waals surface area (Å²) in [4.78, 5) is 15.3. The van der Waals surface area contributed by atoms with Crippen molar-refractivity contribution >= 4 is 40.5 Å². The predicted molar refractivity (Wildman–Crippen MR) is 101 cm³/mol. The molecule has 0 atom stereocenters. The van der Waals surface area contributed by atoms with Crippen molar-refractivity contribution in [2.45, 2.75) is 19.0 Å². The fourth-order valence-corrected chi connectivity index (χ4v) is 2.99. The van der Waals surface area contributed by atoms with Crippen molar-refractivity contribution in [3.8, 4) is 0 Å². The summed E-state index contributed by atoms with van der Waals surface area (Å²) in [5.74, 6) is -2.52. The van der Waals surface area contributed by atoms with Crippen LogP contribution < -0.4 is 10.0 Å². The molecule has 162 valence electrons. The molecule has 0 unspecified atom stereocenters. The summed E-state index contributed by atoms with van der Waals surface area (Å²) in [6.45, 7) is 14.9. The maximum Gasteiger partial charge on any atom is 2.00 e. The molecule has 0 bridgehead atoms. The Labute approximate surface area is 185 Å². The molecule has 0 aliphatic carbocycles. The van der Waals surface area contributed by atoms with E-state index < -0.39 is 12.1 Å². The Bertz CT molecular complexity index is 1140. The maximum absolute atomic E-state index is 12.7. The zero-order chi connectivity index (χ0) is 22.1. The minimum atomic E-state index is -5.12. The predicted octanol–water partition coefficient (Wildman–Crippen LogP) is 4.27. The van der Waals surface area contributed by atoms with Gasteiger partial charge in [-0.3, -0.25) is 4.99 Å². The molecule has 1 aliphatic heterocycles. The molecule has 1 aromatic carbocycles. The molecule has 9 nitrogen and oxygen atoms in total. The van der Waals surface area contributed by atoms with E-state index in [1.165, 1.54) is 23.7 Å². The van der Waals surface area contributed by atoms with E-state index in [1.54, 1.807) is 7.05 Å². The average molecular weight is 474 g/mol. The molecule has 1 aliphatic rings. The summed E-state index contributed by atoms with van der Waals surface area (Å²) in [5, 5.41) is 19.2. The number of benzene rings is 1. The van der Waals surface area contributed by atoms with Crippen LogP contribution in [0.4, 0.5) is 47.8 Å². The molecule has 0 spiro atoms. The fraction of sp³-hybridized carbons (Fsp3) is 0.333. The van der Waals surface area contributed by atoms with Crippen LogP contribution in [-0.2, 0) is 30.0 Å². The third kappa shape index (κ3) is 4.84. The van der Waals surface area contributed by atoms with Crippen LogP contribution >= 0.6 is 0 Å². The second kappa shape index (κ2) is 9.15. The van der Waals surface area contributed by atoms with Crippen LogP contribution in [0, 0.1) is 13.1 Å². The summed E-state index contributed by atoms with van der Waals surface area (Å²) in [6, 6.07) is 2.91. The Morgan fingerprint density at radius 1 is 1.16 bits per heavy atom. The van der Waals surface area contributed by atoms with Gasteiger partial charge in [-0.2, -0.15) is 13.2 Å². The number of aromatic nitrogens is 2. The molecule has 3 rings (SSSR count). The van der Waals surface area contributed by atoms with Crippen molar-refractivity contribution in [1.82, 2.24) is 9.55 Å². The third-order valence-electron chi connectivity index (χ3n) is 4.47. The molecular weight excluding hydrogens is 460 g/mol. The zero-order valence-electron chi connectivity index (χ0n) is 16.2. The maximum atomic E-state index is 12.7. The van der Waals surface area contributed by atoms with Crippen LogP contribution in [0.15, 0.2) is 27.4 Å². The first-order valence-corrected chi connectivity index (χ1v) is 8.60. The van der Waals surface area contributed by atoms with Crippen molar-refractivity contribution in [2.75, 3.05) is 18.5 Å². The van der Waals surface area contributed by atoms with Crippen molar-refractivity contribution < 1.29 is 34.8 Å². The van der Waals surface area contributed by atoms with E-state index in [2.05, 4.69) is 29.9 Å². The van der Waals surface area contributed by atoms with Crippen molar-refractivity contribution in [3.05, 3.63) is 40.5 Å². The number of azo groups is 1. The van der Waals surface area contributed by atoms with Gasteiger partial charge in [-0.1, -0.05) is 23.2 Å². The quantitative estimate of drug-likeness (QED) is 0.219. The zero-order valence-corrected chi connectivity index (χ0v) is 17.2. The minimum Gasteiger partial charge on any atom is -0.855 e. The van der Waals surface area contributed by atoms with Gasteiger partial charge in [0.25, 0.3) is 11.6 Å². The summed E-state index contributed by atoms with van der Waals surface area (Å²) >= 11 is 0. The van der Waals surface area contributed by atoms with Crippen molar-refractivity contribution in [3.63, 3.8) is 0 Å². The Morgan fingerprint density at radius 3 is 2.45 bits per heavy atom. The molecule has 2 heterocycles. The minimum absolute atomic E-state index is 0. The van der Waals surface area contributed by atoms with Gasteiger partial charge in [-0.25, -0.2) is 4.57 Å². The Hall–Kier alpha value is -3.44. The molecule has 0 saturated heterocycles. The van der Waals surface area contributed by atoms with Crippen LogP contribution in [-0.4, -0.2) is 35.2 Å². The van der Waals surface area contributed by atoms with E-state index in [-0.39, 0.29) is 45.5 Å². The van der Waals surface area contributed by atoms with Gasteiger partial charge < -0.3 is 19.7 Å². The number of hydrogen-bond acceptors (Lipinski definition) is 6. The van der Waals surface area contributed by atoms with E-state index in [0.717, 1.165) is 12.0 Å². The SMILES string of the molecule is [C-]#[N+]c1nc(N=Nc2cc3c(cc2N=C([O-])C(F)(F)F)N(C)CCC3)n(C)c1[N+]#[C-].[Ni+2]. The summed E-state index contributed by atoms with van der Waals surface area (Å²) in [7, 11) is 3.25. The van der Waals surface area contributed by atoms with E-state index >= 15 is 0 Å². The molecule has 0 N–H and O–H groups in total. The summed E-state index contributed by atoms with van der Waals surface area (Å²) in [6.07, 6.45) is -3.59. The summed E-state index contributed by atoms with van der Waals surface area (Å²) in [5.41, 5.74) is 1.17. The molecule has 2 aromatic rings. The van der Waals surface area contributed by atoms with Gasteiger partial charge in [-0.05, 0) is 30.5 Å². The number of fused-ring (bicyclic) bond motifs is 1. The molecular formula is C18H14F3N8NiO+. The van der Waals surface area contributed by atoms with Gasteiger partial charge in [-0.15, -0.1) is 5.11 Å². The molecule has 13 heteroatoms. The Kier molecular flexibility index (Phi) is 7.03. The number of anilines is 1. The number of imidazole rings is 1. The number of nitrogens with zero attached hydrogens (tertiary/aromatic N) is 8. The van der Waals surface area contributed by atoms with E-state index in [0.29, 0.717) is 18.7 Å². The number of aliphatic imine (C=N–C) groups is 1. The van der Waals surface area contributed by atoms with Crippen LogP contribution in [0.3, 0.4) is 0 Å². The molecule has 0 radical (unpaired) electrons.